The fourth-order valence-corrected chi connectivity index (χ4v) is 4.12. The molecule has 0 bridgehead atoms. The summed E-state index contributed by atoms with van der Waals surface area (Å²) in [7, 11) is 0. The Hall–Kier alpha value is -4.65. The minimum Gasteiger partial charge on any atom is -0.457 e. The normalized spacial score (nSPS) is 10.8. The number of esters is 1. The van der Waals surface area contributed by atoms with E-state index in [1.54, 1.807) is 30.3 Å². The summed E-state index contributed by atoms with van der Waals surface area (Å²) in [6.45, 7) is 5.83. The Bertz CT molecular complexity index is 1470. The van der Waals surface area contributed by atoms with E-state index in [2.05, 4.69) is 36.6 Å². The third-order valence-corrected chi connectivity index (χ3v) is 6.14. The first kappa shape index (κ1) is 27.4. The van der Waals surface area contributed by atoms with E-state index in [-0.39, 0.29) is 18.7 Å². The van der Waals surface area contributed by atoms with Crippen molar-refractivity contribution in [3.05, 3.63) is 96.1 Å². The quantitative estimate of drug-likeness (QED) is 0.219. The molecule has 0 aliphatic carbocycles. The van der Waals surface area contributed by atoms with E-state index >= 15 is 0 Å². The second-order valence-corrected chi connectivity index (χ2v) is 9.61. The Kier molecular flexibility index (Phi) is 8.94. The van der Waals surface area contributed by atoms with Crippen LogP contribution in [0.1, 0.15) is 43.7 Å². The van der Waals surface area contributed by atoms with Crippen molar-refractivity contribution in [2.45, 2.75) is 39.5 Å². The van der Waals surface area contributed by atoms with Gasteiger partial charge in [-0.25, -0.2) is 0 Å². The van der Waals surface area contributed by atoms with Gasteiger partial charge in [0.15, 0.2) is 6.61 Å². The van der Waals surface area contributed by atoms with E-state index in [9.17, 15) is 14.4 Å². The second-order valence-electron chi connectivity index (χ2n) is 9.61. The first-order valence-electron chi connectivity index (χ1n) is 12.9. The molecule has 0 unspecified atom stereocenters. The molecular weight excluding hydrogens is 492 g/mol. The molecule has 0 aliphatic rings. The maximum Gasteiger partial charge on any atom is 0.306 e. The molecule has 0 aromatic heterocycles. The van der Waals surface area contributed by atoms with Gasteiger partial charge in [-0.2, -0.15) is 0 Å². The van der Waals surface area contributed by atoms with Crippen molar-refractivity contribution in [1.29, 1.82) is 0 Å². The van der Waals surface area contributed by atoms with Crippen LogP contribution in [0.25, 0.3) is 10.8 Å². The highest BCUT2D eigenvalue weighted by Gasteiger charge is 2.13. The lowest BCUT2D eigenvalue weighted by atomic mass is 10.0. The Labute approximate surface area is 228 Å². The van der Waals surface area contributed by atoms with Crippen LogP contribution in [0.5, 0.6) is 11.5 Å². The lowest BCUT2D eigenvalue weighted by Gasteiger charge is -2.15. The standard InChI is InChI=1S/C32H32N2O5/c1-21(2)26-16-11-22(3)19-29(26)39-25-14-12-24(13-15-25)33-30(35)17-18-32(37)38-20-31(36)34-28-10-6-8-23-7-4-5-9-27(23)28/h4-16,19,21H,17-18,20H2,1-3H3,(H,33,35)(H,34,36). The van der Waals surface area contributed by atoms with Gasteiger partial charge in [0.1, 0.15) is 11.5 Å². The fraction of sp³-hybridized carbons (Fsp3) is 0.219. The van der Waals surface area contributed by atoms with Crippen molar-refractivity contribution in [2.24, 2.45) is 0 Å². The van der Waals surface area contributed by atoms with E-state index in [1.165, 1.54) is 0 Å². The minimum atomic E-state index is -0.624. The van der Waals surface area contributed by atoms with Gasteiger partial charge in [-0.05, 0) is 65.8 Å². The summed E-state index contributed by atoms with van der Waals surface area (Å²) in [5.41, 5.74) is 3.46. The summed E-state index contributed by atoms with van der Waals surface area (Å²) >= 11 is 0. The van der Waals surface area contributed by atoms with Crippen LogP contribution in [0.3, 0.4) is 0 Å². The molecule has 0 heterocycles. The van der Waals surface area contributed by atoms with Crippen LogP contribution in [0, 0.1) is 6.92 Å². The first-order chi connectivity index (χ1) is 18.8. The van der Waals surface area contributed by atoms with Crippen LogP contribution in [0.15, 0.2) is 84.9 Å². The highest BCUT2D eigenvalue weighted by atomic mass is 16.5. The number of anilines is 2. The van der Waals surface area contributed by atoms with Crippen LogP contribution >= 0.6 is 0 Å². The molecule has 200 valence electrons. The maximum atomic E-state index is 12.3. The maximum absolute atomic E-state index is 12.3. The Morgan fingerprint density at radius 2 is 1.54 bits per heavy atom. The molecule has 4 aromatic rings. The van der Waals surface area contributed by atoms with Gasteiger partial charge in [-0.3, -0.25) is 14.4 Å². The minimum absolute atomic E-state index is 0.0664. The molecule has 0 atom stereocenters. The molecule has 0 aliphatic heterocycles. The number of hydrogen-bond acceptors (Lipinski definition) is 5. The van der Waals surface area contributed by atoms with E-state index in [1.807, 2.05) is 49.4 Å². The molecule has 4 aromatic carbocycles. The van der Waals surface area contributed by atoms with Crippen LogP contribution < -0.4 is 15.4 Å². The Morgan fingerprint density at radius 3 is 2.31 bits per heavy atom. The predicted molar refractivity (Wildman–Crippen MR) is 153 cm³/mol. The molecule has 4 rings (SSSR count). The zero-order chi connectivity index (χ0) is 27.8. The van der Waals surface area contributed by atoms with Crippen molar-refractivity contribution in [1.82, 2.24) is 0 Å². The Morgan fingerprint density at radius 1 is 0.795 bits per heavy atom. The van der Waals surface area contributed by atoms with Crippen LogP contribution in [-0.2, 0) is 19.1 Å². The number of hydrogen-bond donors (Lipinski definition) is 2. The SMILES string of the molecule is Cc1ccc(C(C)C)c(Oc2ccc(NC(=O)CCC(=O)OCC(=O)Nc3cccc4ccccc34)cc2)c1. The van der Waals surface area contributed by atoms with Crippen molar-refractivity contribution in [3.63, 3.8) is 0 Å². The van der Waals surface area contributed by atoms with Gasteiger partial charge in [0.05, 0.1) is 6.42 Å². The zero-order valence-corrected chi connectivity index (χ0v) is 22.3. The number of aryl methyl sites for hydroxylation is 1. The average Bonchev–Trinajstić information content (AvgIpc) is 2.92. The van der Waals surface area contributed by atoms with Crippen molar-refractivity contribution < 1.29 is 23.9 Å². The van der Waals surface area contributed by atoms with Gasteiger partial charge in [-0.15, -0.1) is 0 Å². The predicted octanol–water partition coefficient (Wildman–Crippen LogP) is 6.96. The smallest absolute Gasteiger partial charge is 0.306 e. The molecule has 39 heavy (non-hydrogen) atoms. The third kappa shape index (κ3) is 7.68. The molecule has 0 fully saturated rings. The average molecular weight is 525 g/mol. The van der Waals surface area contributed by atoms with Crippen LogP contribution in [0.2, 0.25) is 0 Å². The van der Waals surface area contributed by atoms with Crippen molar-refractivity contribution >= 4 is 39.9 Å². The topological polar surface area (TPSA) is 93.7 Å². The van der Waals surface area contributed by atoms with E-state index in [4.69, 9.17) is 9.47 Å². The van der Waals surface area contributed by atoms with Crippen molar-refractivity contribution in [3.8, 4) is 11.5 Å². The van der Waals surface area contributed by atoms with Gasteiger partial charge in [-0.1, -0.05) is 62.4 Å². The Balaban J connectivity index is 1.21. The molecule has 0 saturated carbocycles. The summed E-state index contributed by atoms with van der Waals surface area (Å²) < 4.78 is 11.1. The van der Waals surface area contributed by atoms with E-state index in [0.29, 0.717) is 23.0 Å². The van der Waals surface area contributed by atoms with Crippen molar-refractivity contribution in [2.75, 3.05) is 17.2 Å². The first-order valence-corrected chi connectivity index (χ1v) is 12.9. The summed E-state index contributed by atoms with van der Waals surface area (Å²) in [4.78, 5) is 36.7. The van der Waals surface area contributed by atoms with E-state index < -0.39 is 18.5 Å². The number of carbonyl (C=O) groups excluding carboxylic acids is 3. The highest BCUT2D eigenvalue weighted by Crippen LogP contribution is 2.32. The number of carbonyl (C=O) groups is 3. The number of fused-ring (bicyclic) bond motifs is 1. The fourth-order valence-electron chi connectivity index (χ4n) is 4.12. The van der Waals surface area contributed by atoms with Gasteiger partial charge < -0.3 is 20.1 Å². The zero-order valence-electron chi connectivity index (χ0n) is 22.3. The monoisotopic (exact) mass is 524 g/mol. The lowest BCUT2D eigenvalue weighted by molar-refractivity contribution is -0.147. The molecule has 2 N–H and O–H groups in total. The molecule has 0 spiro atoms. The third-order valence-electron chi connectivity index (χ3n) is 6.14. The number of ether oxygens (including phenoxy) is 2. The van der Waals surface area contributed by atoms with E-state index in [0.717, 1.165) is 27.6 Å². The molecule has 0 saturated heterocycles. The molecule has 2 amide bonds. The number of nitrogens with one attached hydrogen (secondary N) is 2. The molecule has 0 radical (unpaired) electrons. The molecule has 7 nitrogen and oxygen atoms in total. The highest BCUT2D eigenvalue weighted by molar-refractivity contribution is 6.02. The summed E-state index contributed by atoms with van der Waals surface area (Å²) in [6.07, 6.45) is -0.205. The number of benzene rings is 4. The lowest BCUT2D eigenvalue weighted by Crippen LogP contribution is -2.22. The molecule has 7 heteroatoms. The van der Waals surface area contributed by atoms with Gasteiger partial charge in [0, 0.05) is 23.2 Å². The largest absolute Gasteiger partial charge is 0.457 e. The molecular formula is C32H32N2O5. The summed E-state index contributed by atoms with van der Waals surface area (Å²) in [5.74, 6) is 0.390. The summed E-state index contributed by atoms with van der Waals surface area (Å²) in [6, 6.07) is 26.5. The van der Waals surface area contributed by atoms with Gasteiger partial charge >= 0.3 is 5.97 Å². The number of rotatable bonds is 10. The number of amides is 2. The second kappa shape index (κ2) is 12.7. The summed E-state index contributed by atoms with van der Waals surface area (Å²) in [5, 5.41) is 7.41. The van der Waals surface area contributed by atoms with Gasteiger partial charge in [0.2, 0.25) is 5.91 Å². The van der Waals surface area contributed by atoms with Crippen LogP contribution in [0.4, 0.5) is 11.4 Å². The van der Waals surface area contributed by atoms with Gasteiger partial charge in [0.25, 0.3) is 5.91 Å². The van der Waals surface area contributed by atoms with Crippen LogP contribution in [-0.4, -0.2) is 24.4 Å².